The number of rotatable bonds is 12. The predicted octanol–water partition coefficient (Wildman–Crippen LogP) is 3.26. The summed E-state index contributed by atoms with van der Waals surface area (Å²) in [6.45, 7) is 0.743. The lowest BCUT2D eigenvalue weighted by Crippen LogP contribution is -2.09. The van der Waals surface area contributed by atoms with E-state index in [2.05, 4.69) is 40.8 Å². The molecular weight excluding hydrogens is 368 g/mol. The Balaban J connectivity index is 1.83. The molecule has 1 atom stereocenters. The van der Waals surface area contributed by atoms with Crippen molar-refractivity contribution in [1.29, 1.82) is 0 Å². The maximum Gasteiger partial charge on any atom is 0.160 e. The van der Waals surface area contributed by atoms with Gasteiger partial charge >= 0.3 is 0 Å². The maximum absolute atomic E-state index is 5.36. The van der Waals surface area contributed by atoms with Crippen LogP contribution in [0.2, 0.25) is 0 Å². The Morgan fingerprint density at radius 2 is 1.88 bits per heavy atom. The number of unbranched alkanes of at least 4 members (excludes halogenated alkanes) is 1. The zero-order chi connectivity index (χ0) is 18.8. The van der Waals surface area contributed by atoms with Crippen molar-refractivity contribution in [2.24, 2.45) is 0 Å². The predicted molar refractivity (Wildman–Crippen MR) is 110 cm³/mol. The highest BCUT2D eigenvalue weighted by molar-refractivity contribution is 7.81. The summed E-state index contributed by atoms with van der Waals surface area (Å²) in [7, 11) is 3.28. The van der Waals surface area contributed by atoms with E-state index >= 15 is 0 Å². The minimum absolute atomic E-state index is 0.438. The molecule has 0 amide bonds. The topological polar surface area (TPSA) is 62.1 Å². The van der Waals surface area contributed by atoms with Gasteiger partial charge in [-0.05, 0) is 59.6 Å². The van der Waals surface area contributed by atoms with Gasteiger partial charge in [0.2, 0.25) is 0 Å². The zero-order valence-electron chi connectivity index (χ0n) is 15.5. The van der Waals surface area contributed by atoms with Crippen molar-refractivity contribution >= 4 is 25.3 Å². The Kier molecular flexibility index (Phi) is 9.11. The molecule has 0 aliphatic carbocycles. The molecule has 0 fully saturated rings. The highest BCUT2D eigenvalue weighted by atomic mass is 32.1. The zero-order valence-corrected chi connectivity index (χ0v) is 17.3. The summed E-state index contributed by atoms with van der Waals surface area (Å²) < 4.78 is 12.5. The molecule has 0 bridgehead atoms. The van der Waals surface area contributed by atoms with E-state index in [9.17, 15) is 0 Å². The van der Waals surface area contributed by atoms with Crippen LogP contribution in [0.3, 0.4) is 0 Å². The van der Waals surface area contributed by atoms with Gasteiger partial charge in [-0.2, -0.15) is 25.3 Å². The fourth-order valence-corrected chi connectivity index (χ4v) is 3.63. The normalized spacial score (nSPS) is 12.2. The second-order valence-electron chi connectivity index (χ2n) is 6.17. The molecule has 1 unspecified atom stereocenters. The van der Waals surface area contributed by atoms with E-state index in [0.717, 1.165) is 73.7 Å². The van der Waals surface area contributed by atoms with Gasteiger partial charge in [0, 0.05) is 18.2 Å². The molecule has 0 N–H and O–H groups in total. The molecule has 1 heterocycles. The van der Waals surface area contributed by atoms with E-state index in [1.54, 1.807) is 14.2 Å². The highest BCUT2D eigenvalue weighted by Crippen LogP contribution is 2.27. The van der Waals surface area contributed by atoms with Gasteiger partial charge in [-0.15, -0.1) is 5.10 Å². The van der Waals surface area contributed by atoms with Crippen molar-refractivity contribution in [3.8, 4) is 11.5 Å². The number of benzene rings is 1. The Hall–Kier alpha value is -1.41. The molecule has 0 aliphatic rings. The number of nitrogens with zero attached hydrogens (tertiary/aromatic N) is 4. The Bertz CT molecular complexity index is 666. The monoisotopic (exact) mass is 396 g/mol. The van der Waals surface area contributed by atoms with Crippen molar-refractivity contribution in [3.63, 3.8) is 0 Å². The second-order valence-corrected chi connectivity index (χ2v) is 7.35. The number of tetrazole rings is 1. The first-order valence-electron chi connectivity index (χ1n) is 8.92. The molecule has 6 nitrogen and oxygen atoms in total. The summed E-state index contributed by atoms with van der Waals surface area (Å²) in [6.07, 6.45) is 6.08. The first-order chi connectivity index (χ1) is 12.7. The van der Waals surface area contributed by atoms with Crippen LogP contribution in [0.1, 0.15) is 37.1 Å². The van der Waals surface area contributed by atoms with Crippen molar-refractivity contribution in [1.82, 2.24) is 20.2 Å². The number of hydrogen-bond donors (Lipinski definition) is 2. The van der Waals surface area contributed by atoms with Gasteiger partial charge in [0.05, 0.1) is 14.2 Å². The van der Waals surface area contributed by atoms with Crippen LogP contribution in [0.25, 0.3) is 0 Å². The fraction of sp³-hybridized carbons (Fsp3) is 0.611. The van der Waals surface area contributed by atoms with Crippen LogP contribution in [0.4, 0.5) is 0 Å². The fourth-order valence-electron chi connectivity index (χ4n) is 2.80. The van der Waals surface area contributed by atoms with E-state index in [1.807, 2.05) is 22.9 Å². The largest absolute Gasteiger partial charge is 0.493 e. The van der Waals surface area contributed by atoms with Gasteiger partial charge in [0.15, 0.2) is 17.3 Å². The van der Waals surface area contributed by atoms with Crippen molar-refractivity contribution in [2.45, 2.75) is 50.3 Å². The lowest BCUT2D eigenvalue weighted by molar-refractivity contribution is 0.354. The molecule has 0 saturated heterocycles. The molecule has 2 aromatic rings. The lowest BCUT2D eigenvalue weighted by atomic mass is 10.1. The molecule has 144 valence electrons. The van der Waals surface area contributed by atoms with Gasteiger partial charge in [0.25, 0.3) is 0 Å². The first-order valence-corrected chi connectivity index (χ1v) is 10.1. The number of methoxy groups -OCH3 is 2. The van der Waals surface area contributed by atoms with Crippen LogP contribution in [0, 0.1) is 0 Å². The second kappa shape index (κ2) is 11.3. The van der Waals surface area contributed by atoms with E-state index < -0.39 is 0 Å². The Morgan fingerprint density at radius 3 is 2.62 bits per heavy atom. The van der Waals surface area contributed by atoms with Crippen LogP contribution in [0.5, 0.6) is 11.5 Å². The van der Waals surface area contributed by atoms with Gasteiger partial charge < -0.3 is 9.47 Å². The molecule has 26 heavy (non-hydrogen) atoms. The Morgan fingerprint density at radius 1 is 1.08 bits per heavy atom. The molecular formula is C18H28N4O2S2. The van der Waals surface area contributed by atoms with Crippen molar-refractivity contribution in [2.75, 3.05) is 20.0 Å². The van der Waals surface area contributed by atoms with Crippen molar-refractivity contribution in [3.05, 3.63) is 29.6 Å². The summed E-state index contributed by atoms with van der Waals surface area (Å²) in [4.78, 5) is 0. The SMILES string of the molecule is COc1ccc(CCn2nnnc2CCCCC(S)CCS)cc1OC. The molecule has 2 rings (SSSR count). The maximum atomic E-state index is 5.36. The highest BCUT2D eigenvalue weighted by Gasteiger charge is 2.09. The first kappa shape index (κ1) is 20.9. The van der Waals surface area contributed by atoms with E-state index in [4.69, 9.17) is 9.47 Å². The van der Waals surface area contributed by atoms with Crippen molar-refractivity contribution < 1.29 is 9.47 Å². The molecule has 1 aromatic carbocycles. The van der Waals surface area contributed by atoms with E-state index in [-0.39, 0.29) is 0 Å². The number of ether oxygens (including phenoxy) is 2. The number of thiol groups is 2. The third kappa shape index (κ3) is 6.39. The number of aryl methyl sites for hydroxylation is 3. The third-order valence-corrected chi connectivity index (χ3v) is 5.09. The Labute approximate surface area is 166 Å². The minimum Gasteiger partial charge on any atom is -0.493 e. The summed E-state index contributed by atoms with van der Waals surface area (Å²) >= 11 is 8.82. The van der Waals surface area contributed by atoms with Gasteiger partial charge in [-0.25, -0.2) is 4.68 Å². The van der Waals surface area contributed by atoms with Crippen LogP contribution in [-0.4, -0.2) is 45.4 Å². The lowest BCUT2D eigenvalue weighted by Gasteiger charge is -2.10. The molecule has 0 radical (unpaired) electrons. The summed E-state index contributed by atoms with van der Waals surface area (Å²) in [6, 6.07) is 5.96. The average molecular weight is 397 g/mol. The van der Waals surface area contributed by atoms with Gasteiger partial charge in [-0.1, -0.05) is 12.5 Å². The summed E-state index contributed by atoms with van der Waals surface area (Å²) in [5, 5.41) is 12.6. The summed E-state index contributed by atoms with van der Waals surface area (Å²) in [5.74, 6) is 3.31. The quantitative estimate of drug-likeness (QED) is 0.426. The molecule has 0 spiro atoms. The van der Waals surface area contributed by atoms with Gasteiger partial charge in [-0.3, -0.25) is 0 Å². The van der Waals surface area contributed by atoms with E-state index in [1.165, 1.54) is 0 Å². The van der Waals surface area contributed by atoms with E-state index in [0.29, 0.717) is 5.25 Å². The van der Waals surface area contributed by atoms with Crippen LogP contribution >= 0.6 is 25.3 Å². The molecule has 1 aromatic heterocycles. The molecule has 8 heteroatoms. The average Bonchev–Trinajstić information content (AvgIpc) is 3.10. The van der Waals surface area contributed by atoms with Gasteiger partial charge in [0.1, 0.15) is 0 Å². The molecule has 0 aliphatic heterocycles. The van der Waals surface area contributed by atoms with Crippen LogP contribution < -0.4 is 9.47 Å². The minimum atomic E-state index is 0.438. The van der Waals surface area contributed by atoms with Crippen LogP contribution in [-0.2, 0) is 19.4 Å². The number of aromatic nitrogens is 4. The smallest absolute Gasteiger partial charge is 0.160 e. The standard InChI is InChI=1S/C18H28N4O2S2/c1-23-16-8-7-14(13-17(16)24-2)9-11-22-18(19-20-21-22)6-4-3-5-15(26)10-12-25/h7-8,13,15,25-26H,3-6,9-12H2,1-2H3. The number of hydrogen-bond acceptors (Lipinski definition) is 7. The molecule has 0 saturated carbocycles. The third-order valence-electron chi connectivity index (χ3n) is 4.32. The summed E-state index contributed by atoms with van der Waals surface area (Å²) in [5.41, 5.74) is 1.16. The van der Waals surface area contributed by atoms with Crippen LogP contribution in [0.15, 0.2) is 18.2 Å².